The van der Waals surface area contributed by atoms with Crippen molar-refractivity contribution in [3.63, 3.8) is 0 Å². The maximum absolute atomic E-state index is 2.42. The Hall–Kier alpha value is -3.12. The van der Waals surface area contributed by atoms with Crippen molar-refractivity contribution >= 4 is 32.3 Å². The third-order valence-electron chi connectivity index (χ3n) is 6.39. The van der Waals surface area contributed by atoms with Gasteiger partial charge in [0.15, 0.2) is 0 Å². The molecule has 5 aromatic rings. The zero-order valence-electron chi connectivity index (χ0n) is 19.6. The third-order valence-corrected chi connectivity index (χ3v) is 6.39. The predicted molar refractivity (Wildman–Crippen MR) is 139 cm³/mol. The van der Waals surface area contributed by atoms with Gasteiger partial charge in [0.1, 0.15) is 0 Å². The van der Waals surface area contributed by atoms with Gasteiger partial charge in [0, 0.05) is 5.41 Å². The van der Waals surface area contributed by atoms with Crippen LogP contribution in [-0.2, 0) is 5.41 Å². The molecule has 0 saturated heterocycles. The monoisotopic (exact) mass is 404 g/mol. The molecule has 0 spiro atoms. The van der Waals surface area contributed by atoms with E-state index >= 15 is 0 Å². The smallest absolute Gasteiger partial charge is 0.0159 e. The quantitative estimate of drug-likeness (QED) is 0.225. The lowest BCUT2D eigenvalue weighted by atomic mass is 9.81. The molecule has 156 valence electrons. The minimum atomic E-state index is 0.0224. The predicted octanol–water partition coefficient (Wildman–Crippen LogP) is 9.50. The molecule has 0 heterocycles. The number of rotatable bonds is 0. The van der Waals surface area contributed by atoms with Crippen LogP contribution < -0.4 is 0 Å². The minimum Gasteiger partial charge on any atom is -0.0683 e. The van der Waals surface area contributed by atoms with Crippen molar-refractivity contribution in [3.8, 4) is 11.1 Å². The zero-order valence-corrected chi connectivity index (χ0v) is 19.6. The third kappa shape index (κ3) is 3.22. The van der Waals surface area contributed by atoms with Crippen LogP contribution >= 0.6 is 0 Å². The fourth-order valence-corrected chi connectivity index (χ4v) is 4.94. The standard InChI is InChI=1S/C27H20.2C2H6/c1-27(2)24-12-11-17-7-5-6-10-22(17)26(24)23-15-20-13-18-8-3-4-9-19(18)14-21(20)16-25(23)27;2*1-2/h3-16H,1-2H3;2*1-2H3. The number of hydrogen-bond donors (Lipinski definition) is 0. The Balaban J connectivity index is 0.000000549. The molecular weight excluding hydrogens is 372 g/mol. The second-order valence-electron chi connectivity index (χ2n) is 8.28. The molecule has 0 nitrogen and oxygen atoms in total. The molecule has 0 fully saturated rings. The lowest BCUT2D eigenvalue weighted by molar-refractivity contribution is 0.661. The van der Waals surface area contributed by atoms with Crippen LogP contribution in [0.25, 0.3) is 43.4 Å². The summed E-state index contributed by atoms with van der Waals surface area (Å²) in [5.41, 5.74) is 5.72. The topological polar surface area (TPSA) is 0 Å². The molecule has 0 heteroatoms. The molecule has 0 radical (unpaired) electrons. The van der Waals surface area contributed by atoms with Crippen LogP contribution in [0.5, 0.6) is 0 Å². The second kappa shape index (κ2) is 8.19. The van der Waals surface area contributed by atoms with Crippen LogP contribution in [0.4, 0.5) is 0 Å². The summed E-state index contributed by atoms with van der Waals surface area (Å²) >= 11 is 0. The Morgan fingerprint density at radius 3 is 1.68 bits per heavy atom. The summed E-state index contributed by atoms with van der Waals surface area (Å²) in [5.74, 6) is 0. The van der Waals surface area contributed by atoms with Crippen LogP contribution in [0.15, 0.2) is 84.9 Å². The van der Waals surface area contributed by atoms with Crippen molar-refractivity contribution in [3.05, 3.63) is 96.1 Å². The first kappa shape index (κ1) is 21.1. The largest absolute Gasteiger partial charge is 0.0683 e. The van der Waals surface area contributed by atoms with Crippen LogP contribution in [0.3, 0.4) is 0 Å². The zero-order chi connectivity index (χ0) is 22.2. The van der Waals surface area contributed by atoms with E-state index in [0.29, 0.717) is 0 Å². The molecule has 6 rings (SSSR count). The van der Waals surface area contributed by atoms with Crippen LogP contribution in [0, 0.1) is 0 Å². The van der Waals surface area contributed by atoms with E-state index < -0.39 is 0 Å². The average molecular weight is 405 g/mol. The molecule has 0 saturated carbocycles. The molecule has 1 aliphatic carbocycles. The van der Waals surface area contributed by atoms with Gasteiger partial charge in [-0.1, -0.05) is 102 Å². The maximum Gasteiger partial charge on any atom is 0.0159 e. The van der Waals surface area contributed by atoms with Gasteiger partial charge in [0.05, 0.1) is 0 Å². The van der Waals surface area contributed by atoms with Gasteiger partial charge in [-0.15, -0.1) is 0 Å². The van der Waals surface area contributed by atoms with Gasteiger partial charge >= 0.3 is 0 Å². The summed E-state index contributed by atoms with van der Waals surface area (Å²) in [6.07, 6.45) is 0. The van der Waals surface area contributed by atoms with E-state index in [4.69, 9.17) is 0 Å². The summed E-state index contributed by atoms with van der Waals surface area (Å²) in [5, 5.41) is 7.95. The van der Waals surface area contributed by atoms with Crippen LogP contribution in [0.2, 0.25) is 0 Å². The summed E-state index contributed by atoms with van der Waals surface area (Å²) in [6, 6.07) is 31.5. The Morgan fingerprint density at radius 1 is 0.484 bits per heavy atom. The van der Waals surface area contributed by atoms with E-state index in [0.717, 1.165) is 0 Å². The molecule has 1 aliphatic rings. The van der Waals surface area contributed by atoms with Gasteiger partial charge < -0.3 is 0 Å². The first-order chi connectivity index (χ1) is 15.1. The summed E-state index contributed by atoms with van der Waals surface area (Å²) in [4.78, 5) is 0. The highest BCUT2D eigenvalue weighted by atomic mass is 14.4. The molecule has 0 aliphatic heterocycles. The lowest BCUT2D eigenvalue weighted by Gasteiger charge is -2.22. The van der Waals surface area contributed by atoms with E-state index in [2.05, 4.69) is 98.8 Å². The van der Waals surface area contributed by atoms with Crippen molar-refractivity contribution in [2.24, 2.45) is 0 Å². The van der Waals surface area contributed by atoms with Crippen molar-refractivity contribution in [2.45, 2.75) is 47.0 Å². The van der Waals surface area contributed by atoms with Gasteiger partial charge in [-0.2, -0.15) is 0 Å². The SMILES string of the molecule is CC.CC.CC1(C)c2cc3cc4ccccc4cc3cc2-c2c1ccc1ccccc21. The molecule has 0 atom stereocenters. The normalized spacial score (nSPS) is 13.1. The van der Waals surface area contributed by atoms with Crippen molar-refractivity contribution in [1.82, 2.24) is 0 Å². The molecule has 0 bridgehead atoms. The Bertz CT molecular complexity index is 1390. The summed E-state index contributed by atoms with van der Waals surface area (Å²) < 4.78 is 0. The molecule has 0 amide bonds. The van der Waals surface area contributed by atoms with Gasteiger partial charge in [0.25, 0.3) is 0 Å². The average Bonchev–Trinajstić information content (AvgIpc) is 3.05. The van der Waals surface area contributed by atoms with Crippen LogP contribution in [0.1, 0.15) is 52.7 Å². The number of fused-ring (bicyclic) bond motifs is 7. The van der Waals surface area contributed by atoms with Crippen molar-refractivity contribution in [1.29, 1.82) is 0 Å². The van der Waals surface area contributed by atoms with E-state index in [-0.39, 0.29) is 5.41 Å². The maximum atomic E-state index is 2.42. The summed E-state index contributed by atoms with van der Waals surface area (Å²) in [7, 11) is 0. The van der Waals surface area contributed by atoms with E-state index in [1.165, 1.54) is 54.6 Å². The van der Waals surface area contributed by atoms with Gasteiger partial charge in [0.2, 0.25) is 0 Å². The van der Waals surface area contributed by atoms with Gasteiger partial charge in [-0.05, 0) is 78.8 Å². The molecule has 0 N–H and O–H groups in total. The number of hydrogen-bond acceptors (Lipinski definition) is 0. The molecule has 0 unspecified atom stereocenters. The fraction of sp³-hybridized carbons (Fsp3) is 0.226. The first-order valence-corrected chi connectivity index (χ1v) is 11.6. The van der Waals surface area contributed by atoms with Crippen molar-refractivity contribution < 1.29 is 0 Å². The fourth-order valence-electron chi connectivity index (χ4n) is 4.94. The van der Waals surface area contributed by atoms with Gasteiger partial charge in [-0.25, -0.2) is 0 Å². The second-order valence-corrected chi connectivity index (χ2v) is 8.28. The highest BCUT2D eigenvalue weighted by Gasteiger charge is 2.36. The Labute approximate surface area is 186 Å². The molecular formula is C31H32. The van der Waals surface area contributed by atoms with E-state index in [1.807, 2.05) is 27.7 Å². The highest BCUT2D eigenvalue weighted by Crippen LogP contribution is 2.52. The molecule has 5 aromatic carbocycles. The van der Waals surface area contributed by atoms with E-state index in [9.17, 15) is 0 Å². The van der Waals surface area contributed by atoms with E-state index in [1.54, 1.807) is 0 Å². The Kier molecular flexibility index (Phi) is 5.58. The minimum absolute atomic E-state index is 0.0224. The first-order valence-electron chi connectivity index (χ1n) is 11.6. The van der Waals surface area contributed by atoms with Gasteiger partial charge in [-0.3, -0.25) is 0 Å². The van der Waals surface area contributed by atoms with Crippen LogP contribution in [-0.4, -0.2) is 0 Å². The number of benzene rings is 5. The summed E-state index contributed by atoms with van der Waals surface area (Å²) in [6.45, 7) is 12.7. The molecule has 0 aromatic heterocycles. The highest BCUT2D eigenvalue weighted by molar-refractivity contribution is 6.07. The Morgan fingerprint density at radius 2 is 1.03 bits per heavy atom. The molecule has 31 heavy (non-hydrogen) atoms. The lowest BCUT2D eigenvalue weighted by Crippen LogP contribution is -2.14. The van der Waals surface area contributed by atoms with Crippen molar-refractivity contribution in [2.75, 3.05) is 0 Å².